The zero-order valence-corrected chi connectivity index (χ0v) is 18.5. The minimum absolute atomic E-state index is 0.205. The van der Waals surface area contributed by atoms with Crippen molar-refractivity contribution in [3.8, 4) is 0 Å². The molecule has 3 aromatic carbocycles. The summed E-state index contributed by atoms with van der Waals surface area (Å²) in [6.45, 7) is 4.05. The van der Waals surface area contributed by atoms with Crippen molar-refractivity contribution < 1.29 is 9.18 Å². The Morgan fingerprint density at radius 1 is 1.00 bits per heavy atom. The van der Waals surface area contributed by atoms with E-state index in [1.54, 1.807) is 6.07 Å². The van der Waals surface area contributed by atoms with E-state index in [-0.39, 0.29) is 11.7 Å². The fourth-order valence-electron chi connectivity index (χ4n) is 4.22. The molecule has 6 nitrogen and oxygen atoms in total. The van der Waals surface area contributed by atoms with Gasteiger partial charge in [-0.05, 0) is 73.1 Å². The molecule has 0 saturated carbocycles. The van der Waals surface area contributed by atoms with E-state index in [0.29, 0.717) is 17.8 Å². The first-order chi connectivity index (χ1) is 16.0. The van der Waals surface area contributed by atoms with Crippen LogP contribution in [0.2, 0.25) is 0 Å². The molecule has 33 heavy (non-hydrogen) atoms. The molecule has 0 bridgehead atoms. The molecular formula is C26H26FN5O. The number of amides is 1. The highest BCUT2D eigenvalue weighted by atomic mass is 19.1. The second-order valence-electron chi connectivity index (χ2n) is 8.55. The lowest BCUT2D eigenvalue weighted by atomic mass is 10.0. The molecule has 0 unspecified atom stereocenters. The molecule has 5 rings (SSSR count). The fraction of sp³-hybridized carbons (Fsp3) is 0.231. The number of piperazine rings is 1. The van der Waals surface area contributed by atoms with Gasteiger partial charge in [0.2, 0.25) is 0 Å². The summed E-state index contributed by atoms with van der Waals surface area (Å²) in [6.07, 6.45) is 0.597. The van der Waals surface area contributed by atoms with Gasteiger partial charge in [0.15, 0.2) is 5.82 Å². The molecule has 1 aliphatic rings. The number of likely N-dealkylation sites (N-methyl/N-ethyl adjacent to an activating group) is 1. The van der Waals surface area contributed by atoms with E-state index in [1.807, 2.05) is 48.5 Å². The van der Waals surface area contributed by atoms with Crippen molar-refractivity contribution in [2.75, 3.05) is 43.4 Å². The van der Waals surface area contributed by atoms with E-state index in [4.69, 9.17) is 0 Å². The maximum absolute atomic E-state index is 13.5. The Hall–Kier alpha value is -3.71. The van der Waals surface area contributed by atoms with Crippen LogP contribution in [0.5, 0.6) is 0 Å². The summed E-state index contributed by atoms with van der Waals surface area (Å²) in [7, 11) is 2.13. The molecule has 1 saturated heterocycles. The van der Waals surface area contributed by atoms with Gasteiger partial charge in [-0.25, -0.2) is 4.39 Å². The van der Waals surface area contributed by atoms with Crippen LogP contribution in [0.15, 0.2) is 66.7 Å². The quantitative estimate of drug-likeness (QED) is 0.483. The summed E-state index contributed by atoms with van der Waals surface area (Å²) in [5, 5.41) is 11.0. The van der Waals surface area contributed by atoms with E-state index in [2.05, 4.69) is 32.4 Å². The second kappa shape index (κ2) is 9.03. The Labute approximate surface area is 192 Å². The van der Waals surface area contributed by atoms with Gasteiger partial charge in [0.25, 0.3) is 5.91 Å². The molecule has 2 N–H and O–H groups in total. The van der Waals surface area contributed by atoms with Gasteiger partial charge in [-0.2, -0.15) is 5.10 Å². The van der Waals surface area contributed by atoms with E-state index in [1.165, 1.54) is 12.1 Å². The summed E-state index contributed by atoms with van der Waals surface area (Å²) < 4.78 is 13.5. The third kappa shape index (κ3) is 4.73. The molecule has 7 heteroatoms. The Balaban J connectivity index is 1.30. The lowest BCUT2D eigenvalue weighted by Crippen LogP contribution is -2.44. The number of halogens is 1. The van der Waals surface area contributed by atoms with Crippen LogP contribution in [0.25, 0.3) is 10.9 Å². The van der Waals surface area contributed by atoms with E-state index >= 15 is 0 Å². The summed E-state index contributed by atoms with van der Waals surface area (Å²) in [5.74, 6) is 0.0339. The topological polar surface area (TPSA) is 64.3 Å². The summed E-state index contributed by atoms with van der Waals surface area (Å²) in [4.78, 5) is 17.5. The van der Waals surface area contributed by atoms with Gasteiger partial charge in [-0.1, -0.05) is 18.2 Å². The van der Waals surface area contributed by atoms with Gasteiger partial charge in [0, 0.05) is 42.8 Å². The summed E-state index contributed by atoms with van der Waals surface area (Å²) in [5.41, 5.74) is 4.45. The average Bonchev–Trinajstić information content (AvgIpc) is 3.21. The highest BCUT2D eigenvalue weighted by molar-refractivity contribution is 6.08. The number of rotatable bonds is 5. The number of H-pyrrole nitrogens is 1. The molecule has 2 heterocycles. The maximum atomic E-state index is 13.5. The minimum atomic E-state index is -0.247. The van der Waals surface area contributed by atoms with Crippen LogP contribution in [0.1, 0.15) is 21.5 Å². The number of nitrogens with zero attached hydrogens (tertiary/aromatic N) is 3. The Morgan fingerprint density at radius 3 is 2.52 bits per heavy atom. The first kappa shape index (κ1) is 21.2. The van der Waals surface area contributed by atoms with Crippen molar-refractivity contribution >= 4 is 28.3 Å². The Kier molecular flexibility index (Phi) is 5.79. The first-order valence-electron chi connectivity index (χ1n) is 11.1. The van der Waals surface area contributed by atoms with Crippen molar-refractivity contribution in [2.24, 2.45) is 0 Å². The van der Waals surface area contributed by atoms with Crippen molar-refractivity contribution in [3.05, 3.63) is 89.2 Å². The monoisotopic (exact) mass is 443 g/mol. The van der Waals surface area contributed by atoms with Gasteiger partial charge < -0.3 is 15.1 Å². The van der Waals surface area contributed by atoms with Gasteiger partial charge in [0.05, 0.1) is 5.52 Å². The van der Waals surface area contributed by atoms with Crippen LogP contribution >= 0.6 is 0 Å². The van der Waals surface area contributed by atoms with Crippen LogP contribution in [0.3, 0.4) is 0 Å². The number of hydrogen-bond acceptors (Lipinski definition) is 4. The van der Waals surface area contributed by atoms with E-state index < -0.39 is 0 Å². The Morgan fingerprint density at radius 2 is 1.76 bits per heavy atom. The normalized spacial score (nSPS) is 14.5. The fourth-order valence-corrected chi connectivity index (χ4v) is 4.22. The highest BCUT2D eigenvalue weighted by Gasteiger charge is 2.16. The number of carbonyl (C=O) groups is 1. The average molecular weight is 444 g/mol. The molecule has 1 amide bonds. The third-order valence-corrected chi connectivity index (χ3v) is 6.15. The number of aromatic amines is 1. The standard InChI is InChI=1S/C26H26FN5O/c1-31-11-13-32(14-12-31)22-8-6-20(7-9-22)26(33)28-25-23-17-19(5-10-24(23)29-30-25)15-18-3-2-4-21(27)16-18/h2-10,16-17H,11-15H2,1H3,(H2,28,29,30,33). The molecule has 1 fully saturated rings. The summed E-state index contributed by atoms with van der Waals surface area (Å²) >= 11 is 0. The van der Waals surface area contributed by atoms with Crippen LogP contribution in [0, 0.1) is 5.82 Å². The molecular weight excluding hydrogens is 417 g/mol. The van der Waals surface area contributed by atoms with Crippen LogP contribution in [-0.4, -0.2) is 54.2 Å². The van der Waals surface area contributed by atoms with Gasteiger partial charge in [0.1, 0.15) is 5.82 Å². The van der Waals surface area contributed by atoms with Crippen molar-refractivity contribution in [3.63, 3.8) is 0 Å². The molecule has 1 aliphatic heterocycles. The third-order valence-electron chi connectivity index (χ3n) is 6.15. The predicted molar refractivity (Wildman–Crippen MR) is 129 cm³/mol. The maximum Gasteiger partial charge on any atom is 0.256 e. The van der Waals surface area contributed by atoms with Crippen molar-refractivity contribution in [2.45, 2.75) is 6.42 Å². The number of aromatic nitrogens is 2. The second-order valence-corrected chi connectivity index (χ2v) is 8.55. The first-order valence-corrected chi connectivity index (χ1v) is 11.1. The van der Waals surface area contributed by atoms with Crippen LogP contribution < -0.4 is 10.2 Å². The molecule has 0 atom stereocenters. The summed E-state index contributed by atoms with van der Waals surface area (Å²) in [6, 6.07) is 20.2. The smallest absolute Gasteiger partial charge is 0.256 e. The molecule has 4 aromatic rings. The van der Waals surface area contributed by atoms with E-state index in [9.17, 15) is 9.18 Å². The zero-order valence-electron chi connectivity index (χ0n) is 18.5. The van der Waals surface area contributed by atoms with Crippen molar-refractivity contribution in [1.82, 2.24) is 15.1 Å². The lowest BCUT2D eigenvalue weighted by Gasteiger charge is -2.34. The van der Waals surface area contributed by atoms with Gasteiger partial charge in [-0.15, -0.1) is 0 Å². The Bertz CT molecular complexity index is 1280. The number of hydrogen-bond donors (Lipinski definition) is 2. The molecule has 0 spiro atoms. The van der Waals surface area contributed by atoms with E-state index in [0.717, 1.165) is 53.9 Å². The number of carbonyl (C=O) groups excluding carboxylic acids is 1. The minimum Gasteiger partial charge on any atom is -0.369 e. The van der Waals surface area contributed by atoms with Crippen LogP contribution in [-0.2, 0) is 6.42 Å². The molecule has 168 valence electrons. The van der Waals surface area contributed by atoms with Gasteiger partial charge in [-0.3, -0.25) is 9.89 Å². The SMILES string of the molecule is CN1CCN(c2ccc(C(=O)Nc3n[nH]c4ccc(Cc5cccc(F)c5)cc34)cc2)CC1. The zero-order chi connectivity index (χ0) is 22.8. The number of benzene rings is 3. The number of fused-ring (bicyclic) bond motifs is 1. The molecule has 0 aliphatic carbocycles. The van der Waals surface area contributed by atoms with Crippen molar-refractivity contribution in [1.29, 1.82) is 0 Å². The lowest BCUT2D eigenvalue weighted by molar-refractivity contribution is 0.102. The van der Waals surface area contributed by atoms with Crippen LogP contribution in [0.4, 0.5) is 15.9 Å². The number of nitrogens with one attached hydrogen (secondary N) is 2. The molecule has 0 radical (unpaired) electrons. The molecule has 1 aromatic heterocycles. The largest absolute Gasteiger partial charge is 0.369 e. The predicted octanol–water partition coefficient (Wildman–Crippen LogP) is 4.30. The van der Waals surface area contributed by atoms with Gasteiger partial charge >= 0.3 is 0 Å². The number of anilines is 2. The highest BCUT2D eigenvalue weighted by Crippen LogP contribution is 2.24.